The summed E-state index contributed by atoms with van der Waals surface area (Å²) in [6.45, 7) is 2.30. The van der Waals surface area contributed by atoms with Gasteiger partial charge in [-0.05, 0) is 32.5 Å². The molecule has 19 heavy (non-hydrogen) atoms. The van der Waals surface area contributed by atoms with Gasteiger partial charge in [-0.2, -0.15) is 0 Å². The van der Waals surface area contributed by atoms with E-state index in [9.17, 15) is 0 Å². The van der Waals surface area contributed by atoms with Crippen molar-refractivity contribution < 1.29 is 0 Å². The maximum atomic E-state index is 4.52. The van der Waals surface area contributed by atoms with Gasteiger partial charge in [0, 0.05) is 24.2 Å². The average molecular weight is 255 g/mol. The quantitative estimate of drug-likeness (QED) is 0.725. The third-order valence-electron chi connectivity index (χ3n) is 4.11. The van der Waals surface area contributed by atoms with Crippen LogP contribution >= 0.6 is 0 Å². The number of aromatic amines is 1. The van der Waals surface area contributed by atoms with Gasteiger partial charge in [-0.15, -0.1) is 0 Å². The molecular formula is C14H17N5. The Kier molecular flexibility index (Phi) is 2.35. The molecule has 1 saturated heterocycles. The van der Waals surface area contributed by atoms with E-state index in [1.165, 1.54) is 30.3 Å². The number of nitrogens with one attached hydrogen (secondary N) is 1. The van der Waals surface area contributed by atoms with Gasteiger partial charge in [0.15, 0.2) is 0 Å². The van der Waals surface area contributed by atoms with E-state index in [0.717, 1.165) is 17.7 Å². The van der Waals surface area contributed by atoms with Crippen molar-refractivity contribution in [2.24, 2.45) is 0 Å². The van der Waals surface area contributed by atoms with Crippen LogP contribution in [-0.4, -0.2) is 44.6 Å². The van der Waals surface area contributed by atoms with E-state index >= 15 is 0 Å². The molecule has 3 aromatic heterocycles. The molecule has 1 aliphatic heterocycles. The number of fused-ring (bicyclic) bond motifs is 3. The van der Waals surface area contributed by atoms with Crippen molar-refractivity contribution in [3.63, 3.8) is 0 Å². The SMILES string of the molecule is CN1CCC[C@@H](n2cnc3cnc4[nH]ccc4c32)C1. The van der Waals surface area contributed by atoms with Crippen molar-refractivity contribution in [1.29, 1.82) is 0 Å². The largest absolute Gasteiger partial charge is 0.346 e. The van der Waals surface area contributed by atoms with Crippen molar-refractivity contribution in [1.82, 2.24) is 24.4 Å². The van der Waals surface area contributed by atoms with Crippen LogP contribution in [-0.2, 0) is 0 Å². The molecule has 0 radical (unpaired) electrons. The Morgan fingerprint density at radius 2 is 2.32 bits per heavy atom. The van der Waals surface area contributed by atoms with Crippen LogP contribution in [0, 0.1) is 0 Å². The minimum absolute atomic E-state index is 0.518. The predicted molar refractivity (Wildman–Crippen MR) is 75.2 cm³/mol. The van der Waals surface area contributed by atoms with Gasteiger partial charge >= 0.3 is 0 Å². The number of nitrogens with zero attached hydrogens (tertiary/aromatic N) is 4. The van der Waals surface area contributed by atoms with Crippen molar-refractivity contribution in [2.45, 2.75) is 18.9 Å². The normalized spacial score (nSPS) is 21.4. The summed E-state index contributed by atoms with van der Waals surface area (Å²) in [4.78, 5) is 14.5. The fourth-order valence-electron chi connectivity index (χ4n) is 3.17. The highest BCUT2D eigenvalue weighted by Gasteiger charge is 2.21. The van der Waals surface area contributed by atoms with Crippen molar-refractivity contribution in [3.8, 4) is 0 Å². The van der Waals surface area contributed by atoms with Gasteiger partial charge in [-0.3, -0.25) is 0 Å². The lowest BCUT2D eigenvalue weighted by Gasteiger charge is -2.30. The summed E-state index contributed by atoms with van der Waals surface area (Å²) < 4.78 is 2.34. The number of rotatable bonds is 1. The standard InChI is InChI=1S/C14H17N5/c1-18-6-2-3-10(8-18)19-9-17-12-7-16-14-11(13(12)19)4-5-15-14/h4-5,7,9-10H,2-3,6,8H2,1H3,(H,15,16)/t10-/m1/s1. The molecule has 5 nitrogen and oxygen atoms in total. The molecule has 0 aliphatic carbocycles. The van der Waals surface area contributed by atoms with E-state index in [0.29, 0.717) is 6.04 Å². The zero-order valence-corrected chi connectivity index (χ0v) is 11.0. The molecule has 0 saturated carbocycles. The molecule has 1 fully saturated rings. The number of piperidine rings is 1. The molecule has 0 unspecified atom stereocenters. The number of imidazole rings is 1. The molecule has 98 valence electrons. The molecule has 1 aliphatic rings. The lowest BCUT2D eigenvalue weighted by atomic mass is 10.1. The second-order valence-electron chi connectivity index (χ2n) is 5.44. The Labute approximate surface area is 111 Å². The van der Waals surface area contributed by atoms with Crippen molar-refractivity contribution in [3.05, 3.63) is 24.8 Å². The lowest BCUT2D eigenvalue weighted by molar-refractivity contribution is 0.215. The fraction of sp³-hybridized carbons (Fsp3) is 0.429. The fourth-order valence-corrected chi connectivity index (χ4v) is 3.17. The first-order valence-corrected chi connectivity index (χ1v) is 6.80. The highest BCUT2D eigenvalue weighted by molar-refractivity contribution is 6.00. The maximum Gasteiger partial charge on any atom is 0.139 e. The first-order chi connectivity index (χ1) is 9.33. The third-order valence-corrected chi connectivity index (χ3v) is 4.11. The van der Waals surface area contributed by atoms with Gasteiger partial charge in [0.05, 0.1) is 18.0 Å². The molecule has 1 atom stereocenters. The summed E-state index contributed by atoms with van der Waals surface area (Å²) in [5, 5.41) is 1.17. The molecule has 5 heteroatoms. The van der Waals surface area contributed by atoms with Crippen LogP contribution in [0.5, 0.6) is 0 Å². The van der Waals surface area contributed by atoms with Crippen molar-refractivity contribution in [2.75, 3.05) is 20.1 Å². The van der Waals surface area contributed by atoms with Crippen molar-refractivity contribution >= 4 is 22.1 Å². The summed E-state index contributed by atoms with van der Waals surface area (Å²) in [5.41, 5.74) is 3.14. The number of hydrogen-bond donors (Lipinski definition) is 1. The van der Waals surface area contributed by atoms with E-state index in [1.54, 1.807) is 0 Å². The number of likely N-dealkylation sites (N-methyl/N-ethyl adjacent to an activating group) is 1. The topological polar surface area (TPSA) is 49.7 Å². The third kappa shape index (κ3) is 1.65. The minimum Gasteiger partial charge on any atom is -0.346 e. The van der Waals surface area contributed by atoms with Crippen LogP contribution in [0.2, 0.25) is 0 Å². The second-order valence-corrected chi connectivity index (χ2v) is 5.44. The summed E-state index contributed by atoms with van der Waals surface area (Å²) in [6, 6.07) is 2.61. The Balaban J connectivity index is 1.91. The highest BCUT2D eigenvalue weighted by atomic mass is 15.2. The highest BCUT2D eigenvalue weighted by Crippen LogP contribution is 2.28. The molecule has 0 amide bonds. The Morgan fingerprint density at radius 1 is 1.37 bits per heavy atom. The summed E-state index contributed by atoms with van der Waals surface area (Å²) >= 11 is 0. The molecule has 0 bridgehead atoms. The van der Waals surface area contributed by atoms with Crippen LogP contribution in [0.3, 0.4) is 0 Å². The van der Waals surface area contributed by atoms with Gasteiger partial charge in [0.1, 0.15) is 11.2 Å². The van der Waals surface area contributed by atoms with Crippen LogP contribution < -0.4 is 0 Å². The number of likely N-dealkylation sites (tertiary alicyclic amines) is 1. The number of pyridine rings is 1. The monoisotopic (exact) mass is 255 g/mol. The maximum absolute atomic E-state index is 4.52. The van der Waals surface area contributed by atoms with Gasteiger partial charge in [-0.1, -0.05) is 0 Å². The Hall–Kier alpha value is -1.88. The smallest absolute Gasteiger partial charge is 0.139 e. The first-order valence-electron chi connectivity index (χ1n) is 6.80. The van der Waals surface area contributed by atoms with Crippen LogP contribution in [0.1, 0.15) is 18.9 Å². The van der Waals surface area contributed by atoms with Gasteiger partial charge < -0.3 is 14.5 Å². The van der Waals surface area contributed by atoms with Crippen LogP contribution in [0.4, 0.5) is 0 Å². The van der Waals surface area contributed by atoms with E-state index < -0.39 is 0 Å². The summed E-state index contributed by atoms with van der Waals surface area (Å²) in [6.07, 6.45) is 8.26. The molecular weight excluding hydrogens is 238 g/mol. The second kappa shape index (κ2) is 4.06. The molecule has 4 rings (SSSR count). The molecule has 3 aromatic rings. The van der Waals surface area contributed by atoms with E-state index in [2.05, 4.69) is 37.5 Å². The van der Waals surface area contributed by atoms with E-state index in [-0.39, 0.29) is 0 Å². The zero-order valence-electron chi connectivity index (χ0n) is 11.0. The van der Waals surface area contributed by atoms with Crippen LogP contribution in [0.15, 0.2) is 24.8 Å². The molecule has 0 aromatic carbocycles. The number of hydrogen-bond acceptors (Lipinski definition) is 3. The summed E-state index contributed by atoms with van der Waals surface area (Å²) in [5.74, 6) is 0. The molecule has 4 heterocycles. The minimum atomic E-state index is 0.518. The van der Waals surface area contributed by atoms with E-state index in [1.807, 2.05) is 18.7 Å². The number of H-pyrrole nitrogens is 1. The Bertz CT molecular complexity index is 726. The van der Waals surface area contributed by atoms with Gasteiger partial charge in [-0.25, -0.2) is 9.97 Å². The van der Waals surface area contributed by atoms with Gasteiger partial charge in [0.2, 0.25) is 0 Å². The molecule has 0 spiro atoms. The average Bonchev–Trinajstić information content (AvgIpc) is 3.04. The van der Waals surface area contributed by atoms with Gasteiger partial charge in [0.25, 0.3) is 0 Å². The molecule has 1 N–H and O–H groups in total. The Morgan fingerprint density at radius 3 is 3.21 bits per heavy atom. The number of aromatic nitrogens is 4. The first kappa shape index (κ1) is 11.0. The van der Waals surface area contributed by atoms with Crippen LogP contribution in [0.25, 0.3) is 22.1 Å². The predicted octanol–water partition coefficient (Wildman–Crippen LogP) is 2.18. The summed E-state index contributed by atoms with van der Waals surface area (Å²) in [7, 11) is 2.19. The van der Waals surface area contributed by atoms with E-state index in [4.69, 9.17) is 0 Å². The zero-order chi connectivity index (χ0) is 12.8. The lowest BCUT2D eigenvalue weighted by Crippen LogP contribution is -2.33.